The van der Waals surface area contributed by atoms with E-state index in [2.05, 4.69) is 10.3 Å². The van der Waals surface area contributed by atoms with Crippen LogP contribution >= 0.6 is 34.8 Å². The van der Waals surface area contributed by atoms with E-state index in [1.54, 1.807) is 12.3 Å². The maximum Gasteiger partial charge on any atom is 0.491 e. The van der Waals surface area contributed by atoms with Gasteiger partial charge in [0.25, 0.3) is 3.79 Å². The van der Waals surface area contributed by atoms with Crippen LogP contribution in [0.3, 0.4) is 0 Å². The standard InChI is InChI=1S/C16H22BCl3N2O3/c1-14(2)15(3,4)25-17(24-14)11(9-21-5)6-10-7-12(22-8-10)13(23)16(18,19)20/h6-8,21-22H,9H2,1-5H3. The lowest BCUT2D eigenvalue weighted by atomic mass is 9.77. The fourth-order valence-corrected chi connectivity index (χ4v) is 2.70. The monoisotopic (exact) mass is 406 g/mol. The molecule has 2 N–H and O–H groups in total. The van der Waals surface area contributed by atoms with Gasteiger partial charge < -0.3 is 19.6 Å². The van der Waals surface area contributed by atoms with Gasteiger partial charge in [0.05, 0.1) is 16.9 Å². The van der Waals surface area contributed by atoms with Crippen LogP contribution in [0.25, 0.3) is 6.08 Å². The number of carbonyl (C=O) groups is 1. The number of likely N-dealkylation sites (N-methyl/N-ethyl adjacent to an activating group) is 1. The van der Waals surface area contributed by atoms with Crippen molar-refractivity contribution in [3.8, 4) is 0 Å². The third kappa shape index (κ3) is 4.62. The molecule has 5 nitrogen and oxygen atoms in total. The molecule has 1 aliphatic rings. The zero-order valence-corrected chi connectivity index (χ0v) is 17.1. The summed E-state index contributed by atoms with van der Waals surface area (Å²) in [4.78, 5) is 14.8. The second-order valence-corrected chi connectivity index (χ2v) is 9.29. The minimum absolute atomic E-state index is 0.226. The van der Waals surface area contributed by atoms with E-state index < -0.39 is 27.9 Å². The maximum atomic E-state index is 12.0. The molecule has 0 saturated carbocycles. The van der Waals surface area contributed by atoms with E-state index in [9.17, 15) is 4.79 Å². The highest BCUT2D eigenvalue weighted by Gasteiger charge is 2.52. The molecule has 0 atom stereocenters. The van der Waals surface area contributed by atoms with Crippen LogP contribution in [0.2, 0.25) is 0 Å². The van der Waals surface area contributed by atoms with Crippen LogP contribution in [-0.2, 0) is 9.31 Å². The zero-order valence-electron chi connectivity index (χ0n) is 14.9. The van der Waals surface area contributed by atoms with Gasteiger partial charge in [-0.25, -0.2) is 0 Å². The molecule has 0 spiro atoms. The number of nitrogens with one attached hydrogen (secondary N) is 2. The first-order valence-electron chi connectivity index (χ1n) is 7.88. The minimum atomic E-state index is -1.99. The van der Waals surface area contributed by atoms with E-state index in [0.717, 1.165) is 11.0 Å². The van der Waals surface area contributed by atoms with Crippen LogP contribution < -0.4 is 5.32 Å². The van der Waals surface area contributed by atoms with Crippen molar-refractivity contribution in [3.63, 3.8) is 0 Å². The topological polar surface area (TPSA) is 63.4 Å². The number of hydrogen-bond acceptors (Lipinski definition) is 4. The molecule has 2 rings (SSSR count). The fourth-order valence-electron chi connectivity index (χ4n) is 2.39. The number of aromatic nitrogens is 1. The van der Waals surface area contributed by atoms with Crippen molar-refractivity contribution < 1.29 is 14.1 Å². The predicted molar refractivity (Wildman–Crippen MR) is 103 cm³/mol. The van der Waals surface area contributed by atoms with Crippen LogP contribution in [0.1, 0.15) is 43.7 Å². The van der Waals surface area contributed by atoms with Crippen molar-refractivity contribution in [1.29, 1.82) is 0 Å². The SMILES string of the molecule is CNCC(=Cc1c[nH]c(C(=O)C(Cl)(Cl)Cl)c1)B1OC(C)(C)C(C)(C)O1. The normalized spacial score (nSPS) is 20.2. The number of rotatable bonds is 5. The number of carbonyl (C=O) groups excluding carboxylic acids is 1. The largest absolute Gasteiger partial charge is 0.491 e. The van der Waals surface area contributed by atoms with Gasteiger partial charge in [-0.3, -0.25) is 4.79 Å². The molecule has 1 aromatic rings. The molecule has 2 heterocycles. The van der Waals surface area contributed by atoms with Crippen molar-refractivity contribution in [2.24, 2.45) is 0 Å². The Morgan fingerprint density at radius 1 is 1.28 bits per heavy atom. The third-order valence-corrected chi connectivity index (χ3v) is 5.01. The molecule has 9 heteroatoms. The summed E-state index contributed by atoms with van der Waals surface area (Å²) in [5, 5.41) is 3.10. The molecule has 1 saturated heterocycles. The lowest BCUT2D eigenvalue weighted by molar-refractivity contribution is 0.00578. The van der Waals surface area contributed by atoms with Crippen molar-refractivity contribution in [1.82, 2.24) is 10.3 Å². The van der Waals surface area contributed by atoms with Crippen molar-refractivity contribution >= 4 is 53.8 Å². The van der Waals surface area contributed by atoms with Gasteiger partial charge in [0.1, 0.15) is 0 Å². The summed E-state index contributed by atoms with van der Waals surface area (Å²) in [5.74, 6) is -0.608. The molecule has 0 amide bonds. The lowest BCUT2D eigenvalue weighted by Crippen LogP contribution is -2.41. The Labute approximate surface area is 163 Å². The summed E-state index contributed by atoms with van der Waals surface area (Å²) in [5.41, 5.74) is 1.02. The smallest absolute Gasteiger partial charge is 0.400 e. The van der Waals surface area contributed by atoms with Crippen LogP contribution in [0.15, 0.2) is 17.7 Å². The van der Waals surface area contributed by atoms with E-state index in [1.807, 2.05) is 40.8 Å². The Morgan fingerprint density at radius 2 is 1.84 bits per heavy atom. The molecule has 0 aromatic carbocycles. The van der Waals surface area contributed by atoms with Gasteiger partial charge in [0.15, 0.2) is 0 Å². The van der Waals surface area contributed by atoms with E-state index in [4.69, 9.17) is 44.1 Å². The predicted octanol–water partition coefficient (Wildman–Crippen LogP) is 3.80. The average Bonchev–Trinajstić information content (AvgIpc) is 2.99. The van der Waals surface area contributed by atoms with Gasteiger partial charge in [-0.05, 0) is 51.8 Å². The van der Waals surface area contributed by atoms with Crippen molar-refractivity contribution in [3.05, 3.63) is 29.0 Å². The first-order valence-corrected chi connectivity index (χ1v) is 9.01. The van der Waals surface area contributed by atoms with Crippen molar-refractivity contribution in [2.45, 2.75) is 42.7 Å². The van der Waals surface area contributed by atoms with Crippen LogP contribution in [0, 0.1) is 0 Å². The van der Waals surface area contributed by atoms with Gasteiger partial charge in [-0.15, -0.1) is 0 Å². The van der Waals surface area contributed by atoms with E-state index in [-0.39, 0.29) is 5.69 Å². The van der Waals surface area contributed by atoms with Gasteiger partial charge in [0.2, 0.25) is 5.78 Å². The quantitative estimate of drug-likeness (QED) is 0.443. The fraction of sp³-hybridized carbons (Fsp3) is 0.562. The maximum absolute atomic E-state index is 12.0. The number of H-pyrrole nitrogens is 1. The molecule has 1 fully saturated rings. The van der Waals surface area contributed by atoms with E-state index in [1.165, 1.54) is 0 Å². The van der Waals surface area contributed by atoms with Crippen molar-refractivity contribution in [2.75, 3.05) is 13.6 Å². The Kier molecular flexibility index (Phi) is 6.04. The Bertz CT molecular complexity index is 664. The van der Waals surface area contributed by atoms with Crippen LogP contribution in [0.5, 0.6) is 0 Å². The second-order valence-electron chi connectivity index (χ2n) is 7.01. The summed E-state index contributed by atoms with van der Waals surface area (Å²) in [6, 6.07) is 1.63. The zero-order chi connectivity index (χ0) is 19.0. The van der Waals surface area contributed by atoms with Crippen LogP contribution in [0.4, 0.5) is 0 Å². The molecule has 0 bridgehead atoms. The summed E-state index contributed by atoms with van der Waals surface area (Å²) in [7, 11) is 1.35. The van der Waals surface area contributed by atoms with Gasteiger partial charge in [0, 0.05) is 12.7 Å². The number of Topliss-reactive ketones (excluding diaryl/α,β-unsaturated/α-hetero) is 1. The number of alkyl halides is 3. The highest BCUT2D eigenvalue weighted by molar-refractivity contribution is 6.77. The number of aromatic amines is 1. The summed E-state index contributed by atoms with van der Waals surface area (Å²) < 4.78 is 10.2. The molecule has 0 radical (unpaired) electrons. The Balaban J connectivity index is 2.27. The van der Waals surface area contributed by atoms with Gasteiger partial charge >= 0.3 is 7.12 Å². The first-order chi connectivity index (χ1) is 11.4. The highest BCUT2D eigenvalue weighted by Crippen LogP contribution is 2.38. The summed E-state index contributed by atoms with van der Waals surface area (Å²) in [6.07, 6.45) is 3.56. The Morgan fingerprint density at radius 3 is 2.32 bits per heavy atom. The Hall–Kier alpha value is -0.495. The molecular formula is C16H22BCl3N2O3. The van der Waals surface area contributed by atoms with Crippen LogP contribution in [-0.4, -0.2) is 46.5 Å². The van der Waals surface area contributed by atoms with Gasteiger partial charge in [-0.1, -0.05) is 40.9 Å². The summed E-state index contributed by atoms with van der Waals surface area (Å²) in [6.45, 7) is 8.56. The first kappa shape index (κ1) is 20.8. The molecule has 25 heavy (non-hydrogen) atoms. The van der Waals surface area contributed by atoms with Gasteiger partial charge in [-0.2, -0.15) is 0 Å². The molecular weight excluding hydrogens is 385 g/mol. The van der Waals surface area contributed by atoms with E-state index in [0.29, 0.717) is 6.54 Å². The molecule has 1 aliphatic heterocycles. The van der Waals surface area contributed by atoms with E-state index >= 15 is 0 Å². The molecule has 0 aliphatic carbocycles. The lowest BCUT2D eigenvalue weighted by Gasteiger charge is -2.32. The number of ketones is 1. The molecule has 1 aromatic heterocycles. The average molecular weight is 408 g/mol. The molecule has 138 valence electrons. The third-order valence-electron chi connectivity index (χ3n) is 4.50. The number of hydrogen-bond donors (Lipinski definition) is 2. The minimum Gasteiger partial charge on any atom is -0.400 e. The molecule has 0 unspecified atom stereocenters. The number of halogens is 3. The summed E-state index contributed by atoms with van der Waals surface area (Å²) >= 11 is 16.9. The second kappa shape index (κ2) is 7.26. The highest BCUT2D eigenvalue weighted by atomic mass is 35.6.